The molecule has 4 nitrogen and oxygen atoms in total. The van der Waals surface area contributed by atoms with Crippen molar-refractivity contribution in [3.8, 4) is 22.8 Å². The van der Waals surface area contributed by atoms with E-state index >= 15 is 0 Å². The predicted octanol–water partition coefficient (Wildman–Crippen LogP) is 14.4. The minimum Gasteiger partial charge on any atom is -0.310 e. The van der Waals surface area contributed by atoms with Gasteiger partial charge in [0.1, 0.15) is 5.82 Å². The highest BCUT2D eigenvalue weighted by Gasteiger charge is 2.50. The van der Waals surface area contributed by atoms with Crippen molar-refractivity contribution in [3.05, 3.63) is 241 Å². The zero-order chi connectivity index (χ0) is 40.1. The lowest BCUT2D eigenvalue weighted by Gasteiger charge is -2.49. The Labute approximate surface area is 357 Å². The van der Waals surface area contributed by atoms with Gasteiger partial charge < -0.3 is 9.47 Å². The fourth-order valence-corrected chi connectivity index (χ4v) is 11.5. The first-order valence-electron chi connectivity index (χ1n) is 20.8. The Hall–Kier alpha value is -7.60. The number of nitrogens with zero attached hydrogens (tertiary/aromatic N) is 4. The molecule has 11 aromatic rings. The van der Waals surface area contributed by atoms with Crippen LogP contribution >= 0.6 is 11.8 Å². The average molecular weight is 797 g/mol. The van der Waals surface area contributed by atoms with E-state index < -0.39 is 5.41 Å². The summed E-state index contributed by atoms with van der Waals surface area (Å²) in [5.74, 6) is 0.923. The largest absolute Gasteiger partial charge is 0.310 e. The van der Waals surface area contributed by atoms with Gasteiger partial charge in [-0.1, -0.05) is 133 Å². The van der Waals surface area contributed by atoms with E-state index in [1.54, 1.807) is 0 Å². The Morgan fingerprint density at radius 3 is 1.69 bits per heavy atom. The van der Waals surface area contributed by atoms with Gasteiger partial charge in [0.15, 0.2) is 0 Å². The van der Waals surface area contributed by atoms with Crippen molar-refractivity contribution in [3.63, 3.8) is 0 Å². The number of rotatable bonds is 4. The predicted molar refractivity (Wildman–Crippen MR) is 252 cm³/mol. The molecule has 0 radical (unpaired) electrons. The van der Waals surface area contributed by atoms with Crippen LogP contribution in [0.2, 0.25) is 0 Å². The van der Waals surface area contributed by atoms with Gasteiger partial charge in [-0.15, -0.1) is 0 Å². The zero-order valence-corrected chi connectivity index (χ0v) is 33.8. The fraction of sp³-hybridized carbons (Fsp3) is 0.0179. The van der Waals surface area contributed by atoms with Gasteiger partial charge in [-0.05, 0) is 119 Å². The van der Waals surface area contributed by atoms with E-state index in [1.807, 2.05) is 11.8 Å². The quantitative estimate of drug-likeness (QED) is 0.177. The van der Waals surface area contributed by atoms with Crippen molar-refractivity contribution in [1.29, 1.82) is 0 Å². The van der Waals surface area contributed by atoms with Crippen LogP contribution in [-0.4, -0.2) is 14.1 Å². The Bertz CT molecular complexity index is 3460. The van der Waals surface area contributed by atoms with Crippen molar-refractivity contribution in [2.75, 3.05) is 4.90 Å². The standard InChI is InChI=1S/C56H36N4S/c1-3-17-38(18-4-1)59-49-27-13-8-22-43(49)56(44-23-9-14-28-50(44)59)45-24-10-16-30-53(45)61-54-35-42-41-21-7-12-26-48(41)58(52(42)36-46(54)56)40-33-31-37(32-34-40)55-57-47-25-11-15-29-51(47)60(55)39-19-5-2-6-20-39/h1-36H. The van der Waals surface area contributed by atoms with Crippen LogP contribution < -0.4 is 4.90 Å². The maximum atomic E-state index is 5.18. The molecule has 2 aliphatic rings. The fourth-order valence-electron chi connectivity index (χ4n) is 10.3. The molecule has 5 heteroatoms. The SMILES string of the molecule is c1ccc(N2c3ccccc3C3(c4ccccc4Sc4cc5c6ccccc6n(-c6ccc(-c7nc8ccccc8n7-c7ccccc7)cc6)c5cc43)c3ccccc32)cc1. The lowest BCUT2D eigenvalue weighted by Crippen LogP contribution is -2.39. The van der Waals surface area contributed by atoms with Crippen LogP contribution in [0.4, 0.5) is 17.1 Å². The lowest BCUT2D eigenvalue weighted by atomic mass is 9.62. The maximum absolute atomic E-state index is 5.18. The summed E-state index contributed by atoms with van der Waals surface area (Å²) in [6.45, 7) is 0. The molecule has 13 rings (SSSR count). The first-order chi connectivity index (χ1) is 30.3. The third kappa shape index (κ3) is 4.87. The second-order valence-electron chi connectivity index (χ2n) is 15.9. The Balaban J connectivity index is 1.06. The van der Waals surface area contributed by atoms with E-state index in [2.05, 4.69) is 232 Å². The summed E-state index contributed by atoms with van der Waals surface area (Å²) in [5, 5.41) is 2.48. The lowest BCUT2D eigenvalue weighted by molar-refractivity contribution is 0.693. The van der Waals surface area contributed by atoms with Crippen molar-refractivity contribution in [1.82, 2.24) is 14.1 Å². The van der Waals surface area contributed by atoms with Crippen LogP contribution in [-0.2, 0) is 5.41 Å². The molecule has 0 aliphatic carbocycles. The summed E-state index contributed by atoms with van der Waals surface area (Å²) in [4.78, 5) is 10.2. The van der Waals surface area contributed by atoms with Crippen molar-refractivity contribution < 1.29 is 0 Å². The van der Waals surface area contributed by atoms with Crippen LogP contribution in [0.25, 0.3) is 55.6 Å². The topological polar surface area (TPSA) is 26.0 Å². The molecule has 9 aromatic carbocycles. The Morgan fingerprint density at radius 2 is 0.951 bits per heavy atom. The summed E-state index contributed by atoms with van der Waals surface area (Å²) in [7, 11) is 0. The molecule has 0 fully saturated rings. The third-order valence-corrected chi connectivity index (χ3v) is 13.9. The molecular weight excluding hydrogens is 761 g/mol. The van der Waals surface area contributed by atoms with Gasteiger partial charge in [0.25, 0.3) is 0 Å². The van der Waals surface area contributed by atoms with Crippen LogP contribution in [0.15, 0.2) is 228 Å². The summed E-state index contributed by atoms with van der Waals surface area (Å²) in [6, 6.07) is 79.7. The first-order valence-corrected chi connectivity index (χ1v) is 21.6. The van der Waals surface area contributed by atoms with E-state index in [-0.39, 0.29) is 0 Å². The van der Waals surface area contributed by atoms with Gasteiger partial charge >= 0.3 is 0 Å². The third-order valence-electron chi connectivity index (χ3n) is 12.8. The van der Waals surface area contributed by atoms with Gasteiger partial charge in [-0.3, -0.25) is 4.57 Å². The molecule has 0 saturated heterocycles. The average Bonchev–Trinajstić information content (AvgIpc) is 3.87. The number of hydrogen-bond acceptors (Lipinski definition) is 3. The highest BCUT2D eigenvalue weighted by molar-refractivity contribution is 7.99. The van der Waals surface area contributed by atoms with Crippen LogP contribution in [0.3, 0.4) is 0 Å². The van der Waals surface area contributed by atoms with Gasteiger partial charge in [-0.2, -0.15) is 0 Å². The maximum Gasteiger partial charge on any atom is 0.145 e. The number of imidazole rings is 1. The molecule has 2 aromatic heterocycles. The minimum absolute atomic E-state index is 0.578. The van der Waals surface area contributed by atoms with Crippen LogP contribution in [0, 0.1) is 0 Å². The molecule has 2 aliphatic heterocycles. The molecule has 286 valence electrons. The van der Waals surface area contributed by atoms with E-state index in [0.29, 0.717) is 0 Å². The van der Waals surface area contributed by atoms with Crippen molar-refractivity contribution >= 4 is 61.7 Å². The second-order valence-corrected chi connectivity index (χ2v) is 17.0. The molecular formula is C56H36N4S. The summed E-state index contributed by atoms with van der Waals surface area (Å²) in [5.41, 5.74) is 15.8. The summed E-state index contributed by atoms with van der Waals surface area (Å²) in [6.07, 6.45) is 0. The molecule has 0 amide bonds. The molecule has 4 heterocycles. The van der Waals surface area contributed by atoms with Crippen LogP contribution in [0.1, 0.15) is 22.3 Å². The first kappa shape index (κ1) is 34.3. The van der Waals surface area contributed by atoms with E-state index in [1.165, 1.54) is 65.2 Å². The highest BCUT2D eigenvalue weighted by atomic mass is 32.2. The van der Waals surface area contributed by atoms with Crippen molar-refractivity contribution in [2.24, 2.45) is 0 Å². The minimum atomic E-state index is -0.578. The molecule has 1 spiro atoms. The normalized spacial score (nSPS) is 13.6. The number of fused-ring (bicyclic) bond motifs is 12. The van der Waals surface area contributed by atoms with Crippen molar-refractivity contribution in [2.45, 2.75) is 15.2 Å². The van der Waals surface area contributed by atoms with Gasteiger partial charge in [-0.25, -0.2) is 4.98 Å². The number of hydrogen-bond donors (Lipinski definition) is 0. The smallest absolute Gasteiger partial charge is 0.145 e. The summed E-state index contributed by atoms with van der Waals surface area (Å²) >= 11 is 1.89. The second kappa shape index (κ2) is 13.2. The van der Waals surface area contributed by atoms with E-state index in [9.17, 15) is 0 Å². The number of aromatic nitrogens is 3. The van der Waals surface area contributed by atoms with Gasteiger partial charge in [0, 0.05) is 43.2 Å². The number of para-hydroxylation sites is 7. The van der Waals surface area contributed by atoms with Gasteiger partial charge in [0.2, 0.25) is 0 Å². The van der Waals surface area contributed by atoms with E-state index in [0.717, 1.165) is 39.5 Å². The number of benzene rings is 9. The molecule has 61 heavy (non-hydrogen) atoms. The monoisotopic (exact) mass is 796 g/mol. The summed E-state index contributed by atoms with van der Waals surface area (Å²) < 4.78 is 4.73. The van der Waals surface area contributed by atoms with E-state index in [4.69, 9.17) is 4.98 Å². The van der Waals surface area contributed by atoms with Gasteiger partial charge in [0.05, 0.1) is 38.9 Å². The highest BCUT2D eigenvalue weighted by Crippen LogP contribution is 2.63. The zero-order valence-electron chi connectivity index (χ0n) is 33.0. The molecule has 0 saturated carbocycles. The Morgan fingerprint density at radius 1 is 0.377 bits per heavy atom. The Kier molecular flexibility index (Phi) is 7.42. The molecule has 0 unspecified atom stereocenters. The van der Waals surface area contributed by atoms with Crippen LogP contribution in [0.5, 0.6) is 0 Å². The molecule has 0 N–H and O–H groups in total. The number of anilines is 3. The molecule has 0 bridgehead atoms. The molecule has 0 atom stereocenters.